The van der Waals surface area contributed by atoms with Gasteiger partial charge in [0.2, 0.25) is 10.0 Å². The third-order valence-corrected chi connectivity index (χ3v) is 7.33. The molecule has 25 heavy (non-hydrogen) atoms. The van der Waals surface area contributed by atoms with Gasteiger partial charge >= 0.3 is 0 Å². The van der Waals surface area contributed by atoms with Crippen molar-refractivity contribution in [2.75, 3.05) is 0 Å². The molecule has 2 aromatic carbocycles. The lowest BCUT2D eigenvalue weighted by molar-refractivity contribution is -0.128. The predicted molar refractivity (Wildman–Crippen MR) is 95.4 cm³/mol. The molecule has 0 amide bonds. The van der Waals surface area contributed by atoms with Gasteiger partial charge in [0.05, 0.1) is 10.9 Å². The van der Waals surface area contributed by atoms with Crippen LogP contribution in [0.25, 0.3) is 0 Å². The molecular formula is C20H21NO3S. The molecule has 130 valence electrons. The molecule has 2 bridgehead atoms. The summed E-state index contributed by atoms with van der Waals surface area (Å²) >= 11 is 0. The number of benzene rings is 2. The minimum absolute atomic E-state index is 0.205. The van der Waals surface area contributed by atoms with Crippen LogP contribution >= 0.6 is 0 Å². The summed E-state index contributed by atoms with van der Waals surface area (Å²) in [6.45, 7) is 0. The highest BCUT2D eigenvalue weighted by Gasteiger charge is 2.50. The van der Waals surface area contributed by atoms with Crippen molar-refractivity contribution in [3.8, 4) is 0 Å². The van der Waals surface area contributed by atoms with Gasteiger partial charge in [-0.1, -0.05) is 55.0 Å². The number of rotatable bonds is 3. The van der Waals surface area contributed by atoms with E-state index < -0.39 is 16.1 Å². The van der Waals surface area contributed by atoms with Crippen LogP contribution in [0, 0.1) is 5.92 Å². The van der Waals surface area contributed by atoms with Crippen molar-refractivity contribution in [1.29, 1.82) is 0 Å². The van der Waals surface area contributed by atoms with E-state index in [1.807, 2.05) is 36.4 Å². The Morgan fingerprint density at radius 1 is 0.880 bits per heavy atom. The Hall–Kier alpha value is -1.98. The van der Waals surface area contributed by atoms with Crippen molar-refractivity contribution >= 4 is 15.8 Å². The van der Waals surface area contributed by atoms with E-state index in [4.69, 9.17) is 0 Å². The van der Waals surface area contributed by atoms with Crippen LogP contribution in [0.3, 0.4) is 0 Å². The maximum absolute atomic E-state index is 13.4. The monoisotopic (exact) mass is 355 g/mol. The zero-order valence-corrected chi connectivity index (χ0v) is 14.7. The first-order chi connectivity index (χ1) is 12.1. The molecule has 0 spiro atoms. The summed E-state index contributed by atoms with van der Waals surface area (Å²) in [6, 6.07) is 17.5. The number of Topliss-reactive ketones (excluding diaryl/α,β-unsaturated/α-hetero) is 1. The maximum atomic E-state index is 13.4. The third-order valence-electron chi connectivity index (χ3n) is 5.38. The number of carbonyl (C=O) groups excluding carboxylic acids is 1. The second-order valence-electron chi connectivity index (χ2n) is 6.87. The van der Waals surface area contributed by atoms with Crippen molar-refractivity contribution in [2.45, 2.75) is 42.7 Å². The van der Waals surface area contributed by atoms with Gasteiger partial charge in [-0.25, -0.2) is 8.42 Å². The van der Waals surface area contributed by atoms with Crippen molar-refractivity contribution in [3.05, 3.63) is 66.2 Å². The first-order valence-electron chi connectivity index (χ1n) is 8.75. The Morgan fingerprint density at radius 3 is 2.20 bits per heavy atom. The van der Waals surface area contributed by atoms with Gasteiger partial charge in [-0.05, 0) is 30.5 Å². The number of hydrogen-bond donors (Lipinski definition) is 0. The number of carbonyl (C=O) groups is 1. The first-order valence-corrected chi connectivity index (χ1v) is 10.2. The van der Waals surface area contributed by atoms with E-state index in [2.05, 4.69) is 0 Å². The summed E-state index contributed by atoms with van der Waals surface area (Å²) in [7, 11) is -3.66. The molecule has 2 saturated heterocycles. The summed E-state index contributed by atoms with van der Waals surface area (Å²) in [5.74, 6) is -0.0458. The fraction of sp³-hybridized carbons (Fsp3) is 0.350. The molecule has 0 radical (unpaired) electrons. The summed E-state index contributed by atoms with van der Waals surface area (Å²) in [5, 5.41) is 0. The highest BCUT2D eigenvalue weighted by Crippen LogP contribution is 2.46. The van der Waals surface area contributed by atoms with Gasteiger partial charge < -0.3 is 0 Å². The van der Waals surface area contributed by atoms with Crippen LogP contribution < -0.4 is 0 Å². The molecule has 0 aromatic heterocycles. The van der Waals surface area contributed by atoms with Crippen molar-refractivity contribution in [2.24, 2.45) is 5.92 Å². The first kappa shape index (κ1) is 16.5. The van der Waals surface area contributed by atoms with Crippen molar-refractivity contribution in [3.63, 3.8) is 0 Å². The molecule has 2 aliphatic heterocycles. The van der Waals surface area contributed by atoms with E-state index in [-0.39, 0.29) is 17.7 Å². The van der Waals surface area contributed by atoms with Gasteiger partial charge in [0.15, 0.2) is 0 Å². The van der Waals surface area contributed by atoms with E-state index in [0.29, 0.717) is 11.3 Å². The normalized spacial score (nSPS) is 27.2. The minimum atomic E-state index is -3.66. The number of ketones is 1. The summed E-state index contributed by atoms with van der Waals surface area (Å²) in [6.07, 6.45) is 2.73. The highest BCUT2D eigenvalue weighted by molar-refractivity contribution is 7.89. The summed E-state index contributed by atoms with van der Waals surface area (Å²) in [5.41, 5.74) is 0.909. The molecule has 3 fully saturated rings. The van der Waals surface area contributed by atoms with Crippen LogP contribution in [0.4, 0.5) is 0 Å². The van der Waals surface area contributed by atoms with Crippen molar-refractivity contribution in [1.82, 2.24) is 4.31 Å². The Balaban J connectivity index is 1.87. The van der Waals surface area contributed by atoms with Gasteiger partial charge in [0.25, 0.3) is 0 Å². The van der Waals surface area contributed by atoms with Crippen LogP contribution in [-0.4, -0.2) is 24.5 Å². The Kier molecular flexibility index (Phi) is 4.21. The predicted octanol–water partition coefficient (Wildman–Crippen LogP) is 3.56. The Bertz CT molecular complexity index is 864. The third kappa shape index (κ3) is 2.81. The molecule has 0 N–H and O–H groups in total. The van der Waals surface area contributed by atoms with Crippen LogP contribution in [0.1, 0.15) is 37.3 Å². The molecule has 0 unspecified atom stereocenters. The molecule has 5 heteroatoms. The van der Waals surface area contributed by atoms with Crippen molar-refractivity contribution < 1.29 is 13.2 Å². The smallest absolute Gasteiger partial charge is 0.243 e. The van der Waals surface area contributed by atoms with Crippen LogP contribution in [0.15, 0.2) is 65.6 Å². The molecule has 2 heterocycles. The second-order valence-corrected chi connectivity index (χ2v) is 8.71. The van der Waals surface area contributed by atoms with E-state index in [1.165, 1.54) is 0 Å². The van der Waals surface area contributed by atoms with Gasteiger partial charge in [0.1, 0.15) is 5.78 Å². The number of sulfonamides is 1. The fourth-order valence-corrected chi connectivity index (χ4v) is 6.15. The minimum Gasteiger partial charge on any atom is -0.299 e. The largest absolute Gasteiger partial charge is 0.299 e. The number of nitrogens with zero attached hydrogens (tertiary/aromatic N) is 1. The lowest BCUT2D eigenvalue weighted by atomic mass is 9.83. The lowest BCUT2D eigenvalue weighted by Crippen LogP contribution is -2.50. The zero-order valence-electron chi connectivity index (χ0n) is 13.9. The van der Waals surface area contributed by atoms with E-state index in [9.17, 15) is 13.2 Å². The quantitative estimate of drug-likeness (QED) is 0.846. The van der Waals surface area contributed by atoms with E-state index in [0.717, 1.165) is 24.8 Å². The van der Waals surface area contributed by atoms with Gasteiger partial charge in [0, 0.05) is 18.4 Å². The molecule has 3 aliphatic rings. The highest BCUT2D eigenvalue weighted by atomic mass is 32.2. The van der Waals surface area contributed by atoms with Gasteiger partial charge in [-0.2, -0.15) is 4.31 Å². The lowest BCUT2D eigenvalue weighted by Gasteiger charge is -2.42. The standard InChI is InChI=1S/C20H21NO3S/c22-19-14-16-10-7-13-18(19)20(15-8-3-1-4-9-15)21(16)25(23,24)17-11-5-2-6-12-17/h1-6,8-9,11-12,16,18,20H,7,10,13-14H2/t16-,18+,20-/m1/s1. The second kappa shape index (κ2) is 6.39. The molecule has 2 aromatic rings. The average molecular weight is 355 g/mol. The zero-order chi connectivity index (χ0) is 17.4. The molecular weight excluding hydrogens is 334 g/mol. The van der Waals surface area contributed by atoms with E-state index in [1.54, 1.807) is 28.6 Å². The molecule has 1 saturated carbocycles. The summed E-state index contributed by atoms with van der Waals surface area (Å²) < 4.78 is 28.5. The van der Waals surface area contributed by atoms with E-state index >= 15 is 0 Å². The van der Waals surface area contributed by atoms with Crippen LogP contribution in [0.2, 0.25) is 0 Å². The maximum Gasteiger partial charge on any atom is 0.243 e. The Morgan fingerprint density at radius 2 is 1.52 bits per heavy atom. The fourth-order valence-electron chi connectivity index (χ4n) is 4.27. The Labute approximate surface area is 148 Å². The number of hydrogen-bond acceptors (Lipinski definition) is 3. The molecule has 5 rings (SSSR count). The van der Waals surface area contributed by atoms with Crippen LogP contribution in [-0.2, 0) is 14.8 Å². The molecule has 4 nitrogen and oxygen atoms in total. The van der Waals surface area contributed by atoms with Gasteiger partial charge in [-0.3, -0.25) is 4.79 Å². The molecule has 3 atom stereocenters. The average Bonchev–Trinajstić information content (AvgIpc) is 2.94. The van der Waals surface area contributed by atoms with Gasteiger partial charge in [-0.15, -0.1) is 0 Å². The SMILES string of the molecule is O=C1C[C@H]2CCC[C@@H]1[C@@H](c1ccccc1)N2S(=O)(=O)c1ccccc1. The van der Waals surface area contributed by atoms with Crippen LogP contribution in [0.5, 0.6) is 0 Å². The number of piperidine rings is 1. The number of fused-ring (bicyclic) bond motifs is 4. The summed E-state index contributed by atoms with van der Waals surface area (Å²) in [4.78, 5) is 12.9. The molecule has 1 aliphatic carbocycles. The topological polar surface area (TPSA) is 54.5 Å².